The summed E-state index contributed by atoms with van der Waals surface area (Å²) < 4.78 is 0. The molecule has 5 nitrogen and oxygen atoms in total. The summed E-state index contributed by atoms with van der Waals surface area (Å²) in [6.45, 7) is 5.14. The van der Waals surface area contributed by atoms with Gasteiger partial charge < -0.3 is 10.6 Å². The highest BCUT2D eigenvalue weighted by Gasteiger charge is 2.31. The van der Waals surface area contributed by atoms with Gasteiger partial charge in [0.1, 0.15) is 0 Å². The molecule has 3 rings (SSSR count). The second-order valence-corrected chi connectivity index (χ2v) is 7.67. The first-order valence-electron chi connectivity index (χ1n) is 9.61. The average Bonchev–Trinajstić information content (AvgIpc) is 2.71. The van der Waals surface area contributed by atoms with E-state index >= 15 is 0 Å². The van der Waals surface area contributed by atoms with Crippen LogP contribution in [0.4, 0.5) is 11.4 Å². The Bertz CT molecular complexity index is 841. The van der Waals surface area contributed by atoms with Gasteiger partial charge in [-0.15, -0.1) is 0 Å². The predicted molar refractivity (Wildman–Crippen MR) is 114 cm³/mol. The van der Waals surface area contributed by atoms with E-state index in [1.54, 1.807) is 6.07 Å². The third-order valence-electron chi connectivity index (χ3n) is 5.32. The average molecular weight is 400 g/mol. The van der Waals surface area contributed by atoms with Gasteiger partial charge in [0.15, 0.2) is 0 Å². The van der Waals surface area contributed by atoms with Gasteiger partial charge in [0.25, 0.3) is 0 Å². The highest BCUT2D eigenvalue weighted by atomic mass is 35.5. The fourth-order valence-corrected chi connectivity index (χ4v) is 3.66. The number of benzene rings is 2. The Morgan fingerprint density at radius 1 is 1.11 bits per heavy atom. The number of hydrogen-bond acceptors (Lipinski definition) is 3. The van der Waals surface area contributed by atoms with Crippen molar-refractivity contribution in [3.63, 3.8) is 0 Å². The molecular weight excluding hydrogens is 374 g/mol. The van der Waals surface area contributed by atoms with E-state index < -0.39 is 0 Å². The van der Waals surface area contributed by atoms with Crippen molar-refractivity contribution in [2.24, 2.45) is 5.92 Å². The molecule has 0 spiro atoms. The van der Waals surface area contributed by atoms with Crippen molar-refractivity contribution in [3.05, 3.63) is 59.1 Å². The van der Waals surface area contributed by atoms with Crippen LogP contribution in [-0.2, 0) is 9.59 Å². The predicted octanol–water partition coefficient (Wildman–Crippen LogP) is 4.33. The Kier molecular flexibility index (Phi) is 6.70. The summed E-state index contributed by atoms with van der Waals surface area (Å²) >= 11 is 6.14. The zero-order chi connectivity index (χ0) is 20.1. The van der Waals surface area contributed by atoms with Crippen LogP contribution in [-0.4, -0.2) is 35.8 Å². The molecule has 2 aromatic carbocycles. The van der Waals surface area contributed by atoms with Gasteiger partial charge in [-0.3, -0.25) is 14.5 Å². The summed E-state index contributed by atoms with van der Waals surface area (Å²) in [4.78, 5) is 27.4. The largest absolute Gasteiger partial charge is 0.326 e. The molecule has 0 bridgehead atoms. The van der Waals surface area contributed by atoms with Crippen molar-refractivity contribution in [1.29, 1.82) is 0 Å². The normalized spacial score (nSPS) is 18.3. The van der Waals surface area contributed by atoms with Gasteiger partial charge in [0.05, 0.1) is 12.0 Å². The van der Waals surface area contributed by atoms with Gasteiger partial charge in [0.2, 0.25) is 11.8 Å². The molecule has 0 unspecified atom stereocenters. The molecule has 1 fully saturated rings. The van der Waals surface area contributed by atoms with Crippen molar-refractivity contribution in [2.75, 3.05) is 23.7 Å². The maximum absolute atomic E-state index is 12.7. The van der Waals surface area contributed by atoms with Crippen LogP contribution >= 0.6 is 11.6 Å². The molecule has 2 atom stereocenters. The summed E-state index contributed by atoms with van der Waals surface area (Å²) in [6, 6.07) is 14.6. The van der Waals surface area contributed by atoms with E-state index in [1.807, 2.05) is 56.3 Å². The van der Waals surface area contributed by atoms with Crippen molar-refractivity contribution < 1.29 is 9.59 Å². The fraction of sp³-hybridized carbons (Fsp3) is 0.364. The van der Waals surface area contributed by atoms with Crippen molar-refractivity contribution in [1.82, 2.24) is 4.90 Å². The lowest BCUT2D eigenvalue weighted by molar-refractivity contribution is -0.125. The van der Waals surface area contributed by atoms with Gasteiger partial charge in [-0.2, -0.15) is 0 Å². The molecule has 148 valence electrons. The van der Waals surface area contributed by atoms with Crippen LogP contribution in [0.1, 0.15) is 25.3 Å². The number of rotatable bonds is 5. The van der Waals surface area contributed by atoms with Crippen LogP contribution in [0, 0.1) is 12.8 Å². The second-order valence-electron chi connectivity index (χ2n) is 7.27. The van der Waals surface area contributed by atoms with Crippen molar-refractivity contribution >= 4 is 34.8 Å². The summed E-state index contributed by atoms with van der Waals surface area (Å²) in [6.07, 6.45) is 1.72. The number of nitrogens with zero attached hydrogens (tertiary/aromatic N) is 1. The van der Waals surface area contributed by atoms with Crippen molar-refractivity contribution in [3.8, 4) is 0 Å². The van der Waals surface area contributed by atoms with Crippen LogP contribution in [0.25, 0.3) is 0 Å². The summed E-state index contributed by atoms with van der Waals surface area (Å²) in [7, 11) is 0. The fourth-order valence-electron chi connectivity index (χ4n) is 3.48. The van der Waals surface area contributed by atoms with E-state index in [1.165, 1.54) is 0 Å². The molecule has 6 heteroatoms. The molecule has 0 aliphatic carbocycles. The number of likely N-dealkylation sites (tertiary alicyclic amines) is 1. The highest BCUT2D eigenvalue weighted by molar-refractivity contribution is 6.31. The van der Waals surface area contributed by atoms with Gasteiger partial charge in [-0.05, 0) is 63.1 Å². The van der Waals surface area contributed by atoms with E-state index in [2.05, 4.69) is 15.5 Å². The standard InChI is InChI=1S/C22H26ClN3O2/c1-15-19(23)11-6-12-20(15)25-21(27)16(2)26-13-7-8-17(14-26)22(28)24-18-9-4-3-5-10-18/h3-6,9-12,16-17H,7-8,13-14H2,1-2H3,(H,24,28)(H,25,27)/t16-,17+/m0/s1. The minimum atomic E-state index is -0.328. The van der Waals surface area contributed by atoms with Crippen LogP contribution < -0.4 is 10.6 Å². The minimum absolute atomic E-state index is 0.00851. The Labute approximate surface area is 171 Å². The molecule has 28 heavy (non-hydrogen) atoms. The number of amides is 2. The number of anilines is 2. The maximum Gasteiger partial charge on any atom is 0.241 e. The number of para-hydroxylation sites is 1. The molecule has 1 heterocycles. The third kappa shape index (κ3) is 4.91. The zero-order valence-corrected chi connectivity index (χ0v) is 17.0. The molecule has 0 radical (unpaired) electrons. The van der Waals surface area contributed by atoms with Crippen molar-refractivity contribution in [2.45, 2.75) is 32.7 Å². The molecule has 1 saturated heterocycles. The highest BCUT2D eigenvalue weighted by Crippen LogP contribution is 2.24. The molecule has 2 amide bonds. The first kappa shape index (κ1) is 20.4. The van der Waals surface area contributed by atoms with Gasteiger partial charge in [-0.1, -0.05) is 35.9 Å². The third-order valence-corrected chi connectivity index (χ3v) is 5.73. The Balaban J connectivity index is 1.60. The van der Waals surface area contributed by atoms with Gasteiger partial charge in [-0.25, -0.2) is 0 Å². The summed E-state index contributed by atoms with van der Waals surface area (Å²) in [5.41, 5.74) is 2.37. The van der Waals surface area contributed by atoms with E-state index in [0.29, 0.717) is 11.6 Å². The maximum atomic E-state index is 12.7. The quantitative estimate of drug-likeness (QED) is 0.786. The first-order valence-corrected chi connectivity index (χ1v) is 9.99. The lowest BCUT2D eigenvalue weighted by Crippen LogP contribution is -2.49. The summed E-state index contributed by atoms with van der Waals surface area (Å²) in [5, 5.41) is 6.57. The number of carbonyl (C=O) groups excluding carboxylic acids is 2. The molecule has 0 aromatic heterocycles. The molecule has 2 N–H and O–H groups in total. The monoisotopic (exact) mass is 399 g/mol. The minimum Gasteiger partial charge on any atom is -0.326 e. The van der Waals surface area contributed by atoms with Gasteiger partial charge >= 0.3 is 0 Å². The molecule has 2 aromatic rings. The van der Waals surface area contributed by atoms with E-state index in [0.717, 1.165) is 36.3 Å². The topological polar surface area (TPSA) is 61.4 Å². The SMILES string of the molecule is Cc1c(Cl)cccc1NC(=O)[C@H](C)N1CCC[C@@H](C(=O)Nc2ccccc2)C1. The van der Waals surface area contributed by atoms with E-state index in [4.69, 9.17) is 11.6 Å². The molecule has 1 aliphatic rings. The lowest BCUT2D eigenvalue weighted by Gasteiger charge is -2.35. The number of piperidine rings is 1. The molecule has 1 aliphatic heterocycles. The Morgan fingerprint density at radius 3 is 2.61 bits per heavy atom. The van der Waals surface area contributed by atoms with Crippen LogP contribution in [0.15, 0.2) is 48.5 Å². The van der Waals surface area contributed by atoms with E-state index in [9.17, 15) is 9.59 Å². The molecular formula is C22H26ClN3O2. The van der Waals surface area contributed by atoms with Crippen LogP contribution in [0.2, 0.25) is 5.02 Å². The summed E-state index contributed by atoms with van der Waals surface area (Å²) in [5.74, 6) is -0.208. The van der Waals surface area contributed by atoms with Crippen LogP contribution in [0.3, 0.4) is 0 Å². The van der Waals surface area contributed by atoms with Crippen LogP contribution in [0.5, 0.6) is 0 Å². The Hall–Kier alpha value is -2.37. The first-order chi connectivity index (χ1) is 13.5. The number of hydrogen-bond donors (Lipinski definition) is 2. The molecule has 0 saturated carbocycles. The zero-order valence-electron chi connectivity index (χ0n) is 16.2. The number of carbonyl (C=O) groups is 2. The van der Waals surface area contributed by atoms with Gasteiger partial charge in [0, 0.05) is 22.9 Å². The number of halogens is 1. The lowest BCUT2D eigenvalue weighted by atomic mass is 9.95. The van der Waals surface area contributed by atoms with E-state index in [-0.39, 0.29) is 23.8 Å². The smallest absolute Gasteiger partial charge is 0.241 e. The second kappa shape index (κ2) is 9.22. The number of nitrogens with one attached hydrogen (secondary N) is 2. The Morgan fingerprint density at radius 2 is 1.86 bits per heavy atom.